The highest BCUT2D eigenvalue weighted by Gasteiger charge is 2.15. The van der Waals surface area contributed by atoms with Crippen LogP contribution in [0.5, 0.6) is 0 Å². The Kier molecular flexibility index (Phi) is 5.09. The van der Waals surface area contributed by atoms with Crippen LogP contribution < -0.4 is 5.48 Å². The number of quaternary nitrogens is 1. The van der Waals surface area contributed by atoms with Crippen LogP contribution in [0.3, 0.4) is 0 Å². The summed E-state index contributed by atoms with van der Waals surface area (Å²) in [5.74, 6) is -0.358. The molecule has 2 rings (SSSR count). The van der Waals surface area contributed by atoms with E-state index in [1.54, 1.807) is 17.6 Å². The summed E-state index contributed by atoms with van der Waals surface area (Å²) in [6.07, 6.45) is 6.70. The Hall–Kier alpha value is -2.39. The summed E-state index contributed by atoms with van der Waals surface area (Å²) in [4.78, 5) is 16.5. The predicted molar refractivity (Wildman–Crippen MR) is 79.6 cm³/mol. The van der Waals surface area contributed by atoms with Crippen molar-refractivity contribution >= 4 is 16.7 Å². The van der Waals surface area contributed by atoms with E-state index in [1.807, 2.05) is 37.3 Å². The molecule has 0 aliphatic heterocycles. The Morgan fingerprint density at radius 3 is 2.80 bits per heavy atom. The molecule has 0 spiro atoms. The minimum atomic E-state index is -0.358. The molecule has 2 N–H and O–H groups in total. The molecule has 0 bridgehead atoms. The van der Waals surface area contributed by atoms with Crippen LogP contribution in [0.1, 0.15) is 12.5 Å². The number of fused-ring (bicyclic) bond motifs is 1. The number of benzene rings is 2. The van der Waals surface area contributed by atoms with Gasteiger partial charge in [-0.05, 0) is 23.8 Å². The first-order valence-corrected chi connectivity index (χ1v) is 6.59. The number of carbonyl (C=O) groups is 1. The van der Waals surface area contributed by atoms with Gasteiger partial charge in [0, 0.05) is 5.56 Å². The first kappa shape index (κ1) is 14.0. The predicted octanol–water partition coefficient (Wildman–Crippen LogP) is 2.49. The second kappa shape index (κ2) is 7.26. The standard InChI is InChI=1S/C17H17NO2/c1-2-3-4-12-17(19)20-18-13-15-10-7-9-14-8-5-6-11-16(14)15/h2-12,18H,13H2,1H3/q+1/p+1/b3-2+,12-4+. The Morgan fingerprint density at radius 2 is 1.95 bits per heavy atom. The maximum Gasteiger partial charge on any atom is 0.662 e. The third-order valence-electron chi connectivity index (χ3n) is 2.92. The number of hydrogen-bond acceptors (Lipinski definition) is 2. The number of allylic oxidation sites excluding steroid dienone is 3. The number of nitrogens with two attached hydrogens (primary N) is 1. The lowest BCUT2D eigenvalue weighted by Gasteiger charge is -2.01. The van der Waals surface area contributed by atoms with Crippen LogP contribution in [-0.2, 0) is 16.2 Å². The molecule has 0 saturated heterocycles. The molecule has 0 fully saturated rings. The summed E-state index contributed by atoms with van der Waals surface area (Å²) < 4.78 is 0. The summed E-state index contributed by atoms with van der Waals surface area (Å²) in [5.41, 5.74) is 2.69. The molecular weight excluding hydrogens is 250 g/mol. The summed E-state index contributed by atoms with van der Waals surface area (Å²) in [5, 5.41) is 2.38. The molecule has 0 aliphatic rings. The smallest absolute Gasteiger partial charge is 0.0877 e. The van der Waals surface area contributed by atoms with Crippen molar-refractivity contribution in [2.24, 2.45) is 0 Å². The van der Waals surface area contributed by atoms with E-state index in [0.717, 1.165) is 5.56 Å². The van der Waals surface area contributed by atoms with Crippen molar-refractivity contribution in [3.8, 4) is 0 Å². The molecule has 0 heterocycles. The van der Waals surface area contributed by atoms with Crippen LogP contribution >= 0.6 is 0 Å². The second-order valence-corrected chi connectivity index (χ2v) is 4.33. The zero-order valence-electron chi connectivity index (χ0n) is 11.5. The van der Waals surface area contributed by atoms with Crippen LogP contribution in [-0.4, -0.2) is 5.97 Å². The fraction of sp³-hybridized carbons (Fsp3) is 0.118. The van der Waals surface area contributed by atoms with Crippen LogP contribution in [0.2, 0.25) is 0 Å². The Morgan fingerprint density at radius 1 is 1.15 bits per heavy atom. The van der Waals surface area contributed by atoms with Crippen molar-refractivity contribution in [2.75, 3.05) is 0 Å². The van der Waals surface area contributed by atoms with E-state index in [0.29, 0.717) is 6.54 Å². The second-order valence-electron chi connectivity index (χ2n) is 4.33. The minimum absolute atomic E-state index is 0.358. The molecule has 0 amide bonds. The zero-order chi connectivity index (χ0) is 14.2. The van der Waals surface area contributed by atoms with Gasteiger partial charge in [0.05, 0.1) is 4.79 Å². The molecular formula is C17H18NO2+2. The molecule has 0 saturated carbocycles. The summed E-state index contributed by atoms with van der Waals surface area (Å²) in [6.45, 7) is 2.49. The van der Waals surface area contributed by atoms with Gasteiger partial charge in [-0.25, -0.2) is 0 Å². The number of hydroxylamine groups is 1. The van der Waals surface area contributed by atoms with Gasteiger partial charge in [0.25, 0.3) is 0 Å². The van der Waals surface area contributed by atoms with E-state index in [9.17, 15) is 4.79 Å². The Bertz CT molecular complexity index is 639. The van der Waals surface area contributed by atoms with Gasteiger partial charge in [0.1, 0.15) is 6.08 Å². The Labute approximate surface area is 118 Å². The van der Waals surface area contributed by atoms with Gasteiger partial charge in [0.15, 0.2) is 6.54 Å². The van der Waals surface area contributed by atoms with E-state index < -0.39 is 0 Å². The lowest BCUT2D eigenvalue weighted by Crippen LogP contribution is -2.82. The summed E-state index contributed by atoms with van der Waals surface area (Å²) in [7, 11) is 0. The van der Waals surface area contributed by atoms with Crippen LogP contribution in [0, 0.1) is 0 Å². The fourth-order valence-corrected chi connectivity index (χ4v) is 1.97. The molecule has 0 aliphatic carbocycles. The zero-order valence-corrected chi connectivity index (χ0v) is 11.5. The highest BCUT2D eigenvalue weighted by Crippen LogP contribution is 2.17. The van der Waals surface area contributed by atoms with Gasteiger partial charge >= 0.3 is 5.97 Å². The fourth-order valence-electron chi connectivity index (χ4n) is 1.97. The SMILES string of the molecule is C/C=C/C=C/C(=[O+])O[NH2+]Cc1cccc2ccccc12. The van der Waals surface area contributed by atoms with E-state index >= 15 is 0 Å². The molecule has 3 heteroatoms. The summed E-state index contributed by atoms with van der Waals surface area (Å²) >= 11 is 0. The van der Waals surface area contributed by atoms with Crippen molar-refractivity contribution in [2.45, 2.75) is 13.5 Å². The van der Waals surface area contributed by atoms with Crippen LogP contribution in [0.4, 0.5) is 0 Å². The third kappa shape index (κ3) is 3.80. The molecule has 2 aromatic carbocycles. The number of carbonyl (C=O) groups excluding carboxylic acids is 1. The topological polar surface area (TPSA) is 45.7 Å². The van der Waals surface area contributed by atoms with Gasteiger partial charge < -0.3 is 0 Å². The van der Waals surface area contributed by atoms with Gasteiger partial charge in [-0.2, -0.15) is 0 Å². The van der Waals surface area contributed by atoms with E-state index in [-0.39, 0.29) is 5.97 Å². The molecule has 20 heavy (non-hydrogen) atoms. The highest BCUT2D eigenvalue weighted by atomic mass is 16.7. The van der Waals surface area contributed by atoms with E-state index in [1.165, 1.54) is 16.8 Å². The monoisotopic (exact) mass is 268 g/mol. The normalized spacial score (nSPS) is 11.4. The van der Waals surface area contributed by atoms with Gasteiger partial charge in [-0.1, -0.05) is 64.9 Å². The van der Waals surface area contributed by atoms with Crippen LogP contribution in [0.15, 0.2) is 66.8 Å². The average molecular weight is 268 g/mol. The van der Waals surface area contributed by atoms with Crippen molar-refractivity contribution in [1.29, 1.82) is 0 Å². The first-order chi connectivity index (χ1) is 9.81. The van der Waals surface area contributed by atoms with Gasteiger partial charge in [-0.3, -0.25) is 0 Å². The molecule has 0 unspecified atom stereocenters. The molecule has 101 valence electrons. The lowest BCUT2D eigenvalue weighted by atomic mass is 10.1. The summed E-state index contributed by atoms with van der Waals surface area (Å²) in [6, 6.07) is 14.3. The third-order valence-corrected chi connectivity index (χ3v) is 2.92. The van der Waals surface area contributed by atoms with Gasteiger partial charge in [-0.15, -0.1) is 0 Å². The lowest BCUT2D eigenvalue weighted by molar-refractivity contribution is -0.884. The van der Waals surface area contributed by atoms with Crippen molar-refractivity contribution in [3.63, 3.8) is 0 Å². The maximum absolute atomic E-state index is 11.4. The van der Waals surface area contributed by atoms with E-state index in [2.05, 4.69) is 18.2 Å². The largest absolute Gasteiger partial charge is 0.662 e. The van der Waals surface area contributed by atoms with Crippen molar-refractivity contribution < 1.29 is 15.1 Å². The molecule has 1 radical (unpaired) electrons. The molecule has 0 atom stereocenters. The molecule has 2 aromatic rings. The van der Waals surface area contributed by atoms with Gasteiger partial charge in [0.2, 0.25) is 0 Å². The quantitative estimate of drug-likeness (QED) is 0.392. The van der Waals surface area contributed by atoms with Crippen molar-refractivity contribution in [3.05, 3.63) is 72.3 Å². The maximum atomic E-state index is 11.4. The molecule has 3 nitrogen and oxygen atoms in total. The van der Waals surface area contributed by atoms with Crippen LogP contribution in [0.25, 0.3) is 10.8 Å². The number of hydrogen-bond donors (Lipinski definition) is 1. The first-order valence-electron chi connectivity index (χ1n) is 6.59. The van der Waals surface area contributed by atoms with E-state index in [4.69, 9.17) is 4.84 Å². The number of rotatable bonds is 5. The van der Waals surface area contributed by atoms with Crippen molar-refractivity contribution in [1.82, 2.24) is 0 Å². The average Bonchev–Trinajstić information content (AvgIpc) is 2.48. The Balaban J connectivity index is 1.95. The minimum Gasteiger partial charge on any atom is -0.0877 e. The highest BCUT2D eigenvalue weighted by molar-refractivity contribution is 5.85. The molecule has 0 aromatic heterocycles.